The molecule has 2 aromatic carbocycles. The Labute approximate surface area is 243 Å². The number of nitrogens with zero attached hydrogens (tertiary/aromatic N) is 3. The van der Waals surface area contributed by atoms with Gasteiger partial charge in [0.15, 0.2) is 0 Å². The molecule has 0 aliphatic rings. The van der Waals surface area contributed by atoms with Gasteiger partial charge in [-0.05, 0) is 61.6 Å². The second-order valence-electron chi connectivity index (χ2n) is 8.56. The summed E-state index contributed by atoms with van der Waals surface area (Å²) in [5.41, 5.74) is 5.80. The molecule has 0 bridgehead atoms. The third kappa shape index (κ3) is 4.79. The first-order valence-corrected chi connectivity index (χ1v) is 12.6. The van der Waals surface area contributed by atoms with E-state index >= 15 is 0 Å². The van der Waals surface area contributed by atoms with Crippen LogP contribution in [0.25, 0.3) is 54.7 Å². The molecule has 0 unspecified atom stereocenters. The Balaban J connectivity index is 0.000000218. The Morgan fingerprint density at radius 3 is 2.53 bits per heavy atom. The maximum atomic E-state index is 7.59. The van der Waals surface area contributed by atoms with Crippen LogP contribution in [0, 0.1) is 32.8 Å². The van der Waals surface area contributed by atoms with E-state index in [-0.39, 0.29) is 25.8 Å². The van der Waals surface area contributed by atoms with Gasteiger partial charge >= 0.3 is 0 Å². The number of aromatic nitrogens is 3. The van der Waals surface area contributed by atoms with Crippen molar-refractivity contribution in [2.24, 2.45) is 0 Å². The van der Waals surface area contributed by atoms with Gasteiger partial charge < -0.3 is 14.4 Å². The summed E-state index contributed by atoms with van der Waals surface area (Å²) in [6.45, 7) is 1.94. The number of pyridine rings is 3. The van der Waals surface area contributed by atoms with E-state index in [0.29, 0.717) is 11.3 Å². The minimum Gasteiger partial charge on any atom is -0.486 e. The molecule has 189 valence electrons. The first-order valence-electron chi connectivity index (χ1n) is 13.3. The molecule has 5 heterocycles. The number of benzene rings is 2. The summed E-state index contributed by atoms with van der Waals surface area (Å²) >= 11 is 1.71. The van der Waals surface area contributed by atoms with Gasteiger partial charge in [0.05, 0.1) is 5.58 Å². The van der Waals surface area contributed by atoms with Crippen LogP contribution in [-0.2, 0) is 20.1 Å². The predicted octanol–water partition coefficient (Wildman–Crippen LogP) is 8.53. The summed E-state index contributed by atoms with van der Waals surface area (Å²) in [7, 11) is 0. The van der Waals surface area contributed by atoms with Crippen molar-refractivity contribution in [2.45, 2.75) is 20.7 Å². The third-order valence-corrected chi connectivity index (χ3v) is 7.51. The molecule has 38 heavy (non-hydrogen) atoms. The maximum absolute atomic E-state index is 7.59. The molecule has 0 N–H and O–H groups in total. The van der Waals surface area contributed by atoms with Gasteiger partial charge in [0.25, 0.3) is 0 Å². The van der Waals surface area contributed by atoms with Gasteiger partial charge in [-0.15, -0.1) is 65.4 Å². The van der Waals surface area contributed by atoms with Crippen LogP contribution in [0.4, 0.5) is 0 Å². The van der Waals surface area contributed by atoms with Crippen LogP contribution < -0.4 is 0 Å². The van der Waals surface area contributed by atoms with Gasteiger partial charge in [0.2, 0.25) is 5.71 Å². The molecule has 0 saturated heterocycles. The second kappa shape index (κ2) is 11.0. The Morgan fingerprint density at radius 1 is 0.842 bits per heavy atom. The quantitative estimate of drug-likeness (QED) is 0.171. The van der Waals surface area contributed by atoms with E-state index < -0.39 is 6.85 Å². The summed E-state index contributed by atoms with van der Waals surface area (Å²) in [5, 5.41) is 2.83. The largest absolute Gasteiger partial charge is 0.486 e. The SMILES string of the molecule is [2H]C([2H])([2H])c1ccc2c(n1)oc1c(-c3nccc4c(C)c(C)sc34)[c-]ccc12.[Ir].[c-]1ccccc1-c1ccccn1. The van der Waals surface area contributed by atoms with Crippen LogP contribution in [0.3, 0.4) is 0 Å². The van der Waals surface area contributed by atoms with E-state index in [0.717, 1.165) is 38.0 Å². The number of rotatable bonds is 2. The first-order chi connectivity index (χ1) is 19.3. The van der Waals surface area contributed by atoms with Crippen LogP contribution in [0.2, 0.25) is 0 Å². The molecule has 0 aliphatic carbocycles. The minimum atomic E-state index is -2.28. The third-order valence-electron chi connectivity index (χ3n) is 6.28. The van der Waals surface area contributed by atoms with E-state index in [1.54, 1.807) is 29.8 Å². The van der Waals surface area contributed by atoms with E-state index in [9.17, 15) is 0 Å². The minimum absolute atomic E-state index is 0. The fourth-order valence-corrected chi connectivity index (χ4v) is 5.47. The number of thiophene rings is 1. The van der Waals surface area contributed by atoms with Gasteiger partial charge in [-0.3, -0.25) is 0 Å². The molecule has 7 rings (SSSR count). The molecule has 7 aromatic rings. The molecule has 0 saturated carbocycles. The van der Waals surface area contributed by atoms with Crippen LogP contribution in [0.5, 0.6) is 0 Å². The molecule has 1 radical (unpaired) electrons. The topological polar surface area (TPSA) is 51.8 Å². The first kappa shape index (κ1) is 22.3. The molecule has 4 nitrogen and oxygen atoms in total. The molecular formula is C32H23IrN3OS-2. The second-order valence-corrected chi connectivity index (χ2v) is 9.78. The van der Waals surface area contributed by atoms with Gasteiger partial charge in [-0.2, -0.15) is 0 Å². The summed E-state index contributed by atoms with van der Waals surface area (Å²) in [4.78, 5) is 14.3. The predicted molar refractivity (Wildman–Crippen MR) is 152 cm³/mol. The van der Waals surface area contributed by atoms with Gasteiger partial charge in [-0.25, -0.2) is 4.98 Å². The van der Waals surface area contributed by atoms with E-state index in [2.05, 4.69) is 40.9 Å². The number of hydrogen-bond acceptors (Lipinski definition) is 5. The average molecular weight is 693 g/mol. The van der Waals surface area contributed by atoms with Crippen LogP contribution in [-0.4, -0.2) is 15.0 Å². The zero-order valence-electron chi connectivity index (χ0n) is 23.6. The maximum Gasteiger partial charge on any atom is 0.216 e. The molecule has 5 aromatic heterocycles. The molecular weight excluding hydrogens is 667 g/mol. The van der Waals surface area contributed by atoms with E-state index in [4.69, 9.17) is 8.53 Å². The monoisotopic (exact) mass is 693 g/mol. The summed E-state index contributed by atoms with van der Waals surface area (Å²) in [6, 6.07) is 29.2. The molecule has 0 spiro atoms. The molecule has 0 fully saturated rings. The summed E-state index contributed by atoms with van der Waals surface area (Å²) in [6.07, 6.45) is 3.59. The number of aryl methyl sites for hydroxylation is 3. The average Bonchev–Trinajstić information content (AvgIpc) is 3.50. The molecule has 6 heteroatoms. The van der Waals surface area contributed by atoms with Crippen molar-refractivity contribution in [3.8, 4) is 22.5 Å². The van der Waals surface area contributed by atoms with Crippen molar-refractivity contribution >= 4 is 43.5 Å². The fourth-order valence-electron chi connectivity index (χ4n) is 4.32. The van der Waals surface area contributed by atoms with Crippen molar-refractivity contribution in [2.75, 3.05) is 0 Å². The van der Waals surface area contributed by atoms with Crippen molar-refractivity contribution in [3.63, 3.8) is 0 Å². The number of fused-ring (bicyclic) bond motifs is 4. The zero-order valence-corrected chi connectivity index (χ0v) is 23.8. The van der Waals surface area contributed by atoms with Gasteiger partial charge in [-0.1, -0.05) is 23.1 Å². The fraction of sp³-hybridized carbons (Fsp3) is 0.0938. The van der Waals surface area contributed by atoms with Crippen molar-refractivity contribution in [1.29, 1.82) is 0 Å². The molecule has 0 amide bonds. The standard InChI is InChI=1S/C21H15N2OS.C11H8N.Ir/c1-11-7-8-16-15-5-4-6-17(19(15)24-21(16)23-11)18-20-14(9-10-22-18)12(2)13(3)25-20;1-2-6-10(7-3-1)11-8-4-5-9-12-11;/h4-5,7-10H,1-3H3;1-6,8-9H;/q2*-1;/i1D3;;. The van der Waals surface area contributed by atoms with Gasteiger partial charge in [0, 0.05) is 63.0 Å². The van der Waals surface area contributed by atoms with E-state index in [1.165, 1.54) is 21.9 Å². The summed E-state index contributed by atoms with van der Waals surface area (Å²) in [5.74, 6) is 0. The Bertz CT molecular complexity index is 1930. The van der Waals surface area contributed by atoms with E-state index in [1.807, 2.05) is 60.7 Å². The van der Waals surface area contributed by atoms with Crippen molar-refractivity contribution in [1.82, 2.24) is 15.0 Å². The zero-order chi connectivity index (χ0) is 27.9. The Hall–Kier alpha value is -3.70. The van der Waals surface area contributed by atoms with Crippen LogP contribution in [0.15, 0.2) is 89.6 Å². The number of hydrogen-bond donors (Lipinski definition) is 0. The smallest absolute Gasteiger partial charge is 0.216 e. The van der Waals surface area contributed by atoms with Crippen molar-refractivity contribution in [3.05, 3.63) is 113 Å². The summed E-state index contributed by atoms with van der Waals surface area (Å²) < 4.78 is 29.9. The molecule has 0 aliphatic heterocycles. The molecule has 0 atom stereocenters. The Morgan fingerprint density at radius 2 is 1.74 bits per heavy atom. The van der Waals surface area contributed by atoms with Crippen LogP contribution in [0.1, 0.15) is 20.2 Å². The number of furan rings is 1. The normalized spacial score (nSPS) is 12.3. The van der Waals surface area contributed by atoms with Crippen molar-refractivity contribution < 1.29 is 28.6 Å². The van der Waals surface area contributed by atoms with Gasteiger partial charge in [0.1, 0.15) is 0 Å². The van der Waals surface area contributed by atoms with Crippen LogP contribution >= 0.6 is 11.3 Å². The Kier molecular flexibility index (Phi) is 6.43.